The molecule has 0 fully saturated rings. The molecule has 0 unspecified atom stereocenters. The van der Waals surface area contributed by atoms with Crippen molar-refractivity contribution in [2.75, 3.05) is 12.4 Å². The fourth-order valence-corrected chi connectivity index (χ4v) is 2.20. The first kappa shape index (κ1) is 12.5. The van der Waals surface area contributed by atoms with Crippen molar-refractivity contribution in [1.29, 1.82) is 0 Å². The van der Waals surface area contributed by atoms with Crippen LogP contribution in [0.3, 0.4) is 0 Å². The van der Waals surface area contributed by atoms with Gasteiger partial charge in [-0.15, -0.1) is 11.8 Å². The minimum Gasteiger partial charge on any atom is -0.396 e. The van der Waals surface area contributed by atoms with E-state index in [9.17, 15) is 4.39 Å². The largest absolute Gasteiger partial charge is 0.396 e. The Kier molecular flexibility index (Phi) is 6.44. The Morgan fingerprint density at radius 1 is 1.00 bits per heavy atom. The Bertz CT molecular complexity index is 261. The van der Waals surface area contributed by atoms with Gasteiger partial charge < -0.3 is 5.11 Å². The maximum atomic E-state index is 12.6. The zero-order valence-corrected chi connectivity index (χ0v) is 9.60. The quantitative estimate of drug-likeness (QED) is 0.569. The minimum atomic E-state index is -0.178. The molecule has 0 amide bonds. The molecule has 0 spiro atoms. The summed E-state index contributed by atoms with van der Waals surface area (Å²) in [6, 6.07) is 6.61. The predicted molar refractivity (Wildman–Crippen MR) is 62.7 cm³/mol. The minimum absolute atomic E-state index is 0.178. The molecule has 0 aromatic heterocycles. The summed E-state index contributed by atoms with van der Waals surface area (Å²) in [6.45, 7) is 0.297. The molecule has 1 aromatic carbocycles. The van der Waals surface area contributed by atoms with Crippen LogP contribution in [0.15, 0.2) is 29.2 Å². The standard InChI is InChI=1S/C12H17FOS/c13-11-5-7-12(8-6-11)15-10-4-2-1-3-9-14/h5-8,14H,1-4,9-10H2. The van der Waals surface area contributed by atoms with E-state index in [4.69, 9.17) is 5.11 Å². The van der Waals surface area contributed by atoms with E-state index >= 15 is 0 Å². The van der Waals surface area contributed by atoms with Gasteiger partial charge in [-0.1, -0.05) is 12.8 Å². The first-order chi connectivity index (χ1) is 7.33. The molecule has 0 bridgehead atoms. The summed E-state index contributed by atoms with van der Waals surface area (Å²) < 4.78 is 12.6. The third-order valence-corrected chi connectivity index (χ3v) is 3.23. The van der Waals surface area contributed by atoms with Crippen molar-refractivity contribution in [3.05, 3.63) is 30.1 Å². The molecule has 1 rings (SSSR count). The Labute approximate surface area is 94.7 Å². The van der Waals surface area contributed by atoms with E-state index in [0.29, 0.717) is 6.61 Å². The fraction of sp³-hybridized carbons (Fsp3) is 0.500. The van der Waals surface area contributed by atoms with Crippen LogP contribution >= 0.6 is 11.8 Å². The number of benzene rings is 1. The zero-order chi connectivity index (χ0) is 10.9. The molecule has 0 saturated carbocycles. The maximum Gasteiger partial charge on any atom is 0.123 e. The smallest absolute Gasteiger partial charge is 0.123 e. The van der Waals surface area contributed by atoms with Crippen LogP contribution in [0.1, 0.15) is 25.7 Å². The van der Waals surface area contributed by atoms with Crippen molar-refractivity contribution in [2.24, 2.45) is 0 Å². The number of unbranched alkanes of at least 4 members (excludes halogenated alkanes) is 3. The molecule has 1 nitrogen and oxygen atoms in total. The molecule has 3 heteroatoms. The highest BCUT2D eigenvalue weighted by atomic mass is 32.2. The van der Waals surface area contributed by atoms with Gasteiger partial charge in [0.25, 0.3) is 0 Å². The molecule has 0 heterocycles. The van der Waals surface area contributed by atoms with Crippen LogP contribution in [-0.4, -0.2) is 17.5 Å². The van der Waals surface area contributed by atoms with Crippen molar-refractivity contribution >= 4 is 11.8 Å². The normalized spacial score (nSPS) is 10.5. The lowest BCUT2D eigenvalue weighted by atomic mass is 10.2. The van der Waals surface area contributed by atoms with Crippen molar-refractivity contribution < 1.29 is 9.50 Å². The third kappa shape index (κ3) is 5.80. The van der Waals surface area contributed by atoms with Crippen LogP contribution < -0.4 is 0 Å². The molecule has 0 aliphatic heterocycles. The number of aliphatic hydroxyl groups excluding tert-OH is 1. The van der Waals surface area contributed by atoms with Gasteiger partial charge in [0.15, 0.2) is 0 Å². The van der Waals surface area contributed by atoms with Crippen LogP contribution in [0.4, 0.5) is 4.39 Å². The van der Waals surface area contributed by atoms with Crippen LogP contribution in [-0.2, 0) is 0 Å². The zero-order valence-electron chi connectivity index (χ0n) is 8.79. The predicted octanol–water partition coefficient (Wildman–Crippen LogP) is 3.47. The summed E-state index contributed by atoms with van der Waals surface area (Å²) in [6.07, 6.45) is 4.32. The second-order valence-electron chi connectivity index (χ2n) is 3.44. The summed E-state index contributed by atoms with van der Waals surface area (Å²) >= 11 is 1.76. The summed E-state index contributed by atoms with van der Waals surface area (Å²) in [5, 5.41) is 8.59. The van der Waals surface area contributed by atoms with Crippen LogP contribution in [0, 0.1) is 5.82 Å². The molecule has 0 atom stereocenters. The van der Waals surface area contributed by atoms with E-state index in [1.54, 1.807) is 11.8 Å². The van der Waals surface area contributed by atoms with E-state index in [2.05, 4.69) is 0 Å². The second-order valence-corrected chi connectivity index (χ2v) is 4.61. The Morgan fingerprint density at radius 3 is 2.33 bits per heavy atom. The highest BCUT2D eigenvalue weighted by molar-refractivity contribution is 7.99. The van der Waals surface area contributed by atoms with Gasteiger partial charge in [0.05, 0.1) is 0 Å². The van der Waals surface area contributed by atoms with Gasteiger partial charge in [0.2, 0.25) is 0 Å². The van der Waals surface area contributed by atoms with E-state index < -0.39 is 0 Å². The molecule has 0 aliphatic carbocycles. The summed E-state index contributed by atoms with van der Waals surface area (Å²) in [5.41, 5.74) is 0. The van der Waals surface area contributed by atoms with E-state index in [1.165, 1.54) is 12.1 Å². The van der Waals surface area contributed by atoms with E-state index in [-0.39, 0.29) is 5.82 Å². The average molecular weight is 228 g/mol. The number of hydrogen-bond donors (Lipinski definition) is 1. The van der Waals surface area contributed by atoms with Crippen LogP contribution in [0.5, 0.6) is 0 Å². The van der Waals surface area contributed by atoms with Gasteiger partial charge in [-0.2, -0.15) is 0 Å². The Morgan fingerprint density at radius 2 is 1.67 bits per heavy atom. The lowest BCUT2D eigenvalue weighted by Gasteiger charge is -2.01. The highest BCUT2D eigenvalue weighted by Crippen LogP contribution is 2.19. The van der Waals surface area contributed by atoms with Gasteiger partial charge in [0.1, 0.15) is 5.82 Å². The molecular weight excluding hydrogens is 211 g/mol. The molecule has 15 heavy (non-hydrogen) atoms. The van der Waals surface area contributed by atoms with Gasteiger partial charge in [-0.25, -0.2) is 4.39 Å². The second kappa shape index (κ2) is 7.71. The van der Waals surface area contributed by atoms with E-state index in [1.807, 2.05) is 12.1 Å². The number of hydrogen-bond acceptors (Lipinski definition) is 2. The number of aliphatic hydroxyl groups is 1. The molecule has 0 aliphatic rings. The fourth-order valence-electron chi connectivity index (χ4n) is 1.29. The van der Waals surface area contributed by atoms with Gasteiger partial charge >= 0.3 is 0 Å². The molecule has 1 N–H and O–H groups in total. The lowest BCUT2D eigenvalue weighted by Crippen LogP contribution is -1.85. The Balaban J connectivity index is 2.07. The average Bonchev–Trinajstić information content (AvgIpc) is 2.26. The highest BCUT2D eigenvalue weighted by Gasteiger charge is 1.95. The van der Waals surface area contributed by atoms with Gasteiger partial charge in [-0.3, -0.25) is 0 Å². The summed E-state index contributed by atoms with van der Waals surface area (Å²) in [5.74, 6) is 0.888. The van der Waals surface area contributed by atoms with E-state index in [0.717, 1.165) is 36.3 Å². The van der Waals surface area contributed by atoms with Crippen molar-refractivity contribution in [1.82, 2.24) is 0 Å². The molecule has 0 radical (unpaired) electrons. The topological polar surface area (TPSA) is 20.2 Å². The van der Waals surface area contributed by atoms with Crippen LogP contribution in [0.25, 0.3) is 0 Å². The number of rotatable bonds is 7. The van der Waals surface area contributed by atoms with Gasteiger partial charge in [-0.05, 0) is 42.9 Å². The SMILES string of the molecule is OCCCCCCSc1ccc(F)cc1. The van der Waals surface area contributed by atoms with Crippen molar-refractivity contribution in [2.45, 2.75) is 30.6 Å². The monoisotopic (exact) mass is 228 g/mol. The first-order valence-corrected chi connectivity index (χ1v) is 6.30. The molecule has 1 aromatic rings. The molecular formula is C12H17FOS. The maximum absolute atomic E-state index is 12.6. The molecule has 0 saturated heterocycles. The third-order valence-electron chi connectivity index (χ3n) is 2.13. The summed E-state index contributed by atoms with van der Waals surface area (Å²) in [4.78, 5) is 1.12. The van der Waals surface area contributed by atoms with Crippen LogP contribution in [0.2, 0.25) is 0 Å². The van der Waals surface area contributed by atoms with Gasteiger partial charge in [0, 0.05) is 11.5 Å². The first-order valence-electron chi connectivity index (χ1n) is 5.32. The Hall–Kier alpha value is -0.540. The summed E-state index contributed by atoms with van der Waals surface area (Å²) in [7, 11) is 0. The number of halogens is 1. The van der Waals surface area contributed by atoms with Crippen molar-refractivity contribution in [3.63, 3.8) is 0 Å². The lowest BCUT2D eigenvalue weighted by molar-refractivity contribution is 0.283. The van der Waals surface area contributed by atoms with Crippen molar-refractivity contribution in [3.8, 4) is 0 Å². The molecule has 84 valence electrons. The number of thioether (sulfide) groups is 1.